The number of hydrogen-bond donors (Lipinski definition) is 0. The molecular formula is C67H53N3. The third-order valence-electron chi connectivity index (χ3n) is 14.1. The average Bonchev–Trinajstić information content (AvgIpc) is 3.76. The first-order valence-corrected chi connectivity index (χ1v) is 24.6. The van der Waals surface area contributed by atoms with Crippen LogP contribution in [0.25, 0.3) is 66.3 Å². The predicted molar refractivity (Wildman–Crippen MR) is 297 cm³/mol. The lowest BCUT2D eigenvalue weighted by Crippen LogP contribution is -2.13. The van der Waals surface area contributed by atoms with Crippen molar-refractivity contribution < 1.29 is 0 Å². The van der Waals surface area contributed by atoms with E-state index < -0.39 is 0 Å². The van der Waals surface area contributed by atoms with Crippen molar-refractivity contribution in [2.75, 3.05) is 9.80 Å². The molecule has 0 saturated carbocycles. The van der Waals surface area contributed by atoms with Crippen LogP contribution >= 0.6 is 0 Å². The maximum Gasteiger partial charge on any atom is 0.0523 e. The van der Waals surface area contributed by atoms with Crippen molar-refractivity contribution in [3.05, 3.63) is 267 Å². The molecule has 11 aromatic rings. The molecule has 1 aromatic heterocycles. The smallest absolute Gasteiger partial charge is 0.0523 e. The van der Waals surface area contributed by atoms with Gasteiger partial charge in [-0.1, -0.05) is 195 Å². The second kappa shape index (κ2) is 18.8. The molecule has 0 fully saturated rings. The molecule has 2 atom stereocenters. The first-order chi connectivity index (χ1) is 34.6. The van der Waals surface area contributed by atoms with Crippen LogP contribution in [-0.4, -0.2) is 4.57 Å². The standard InChI is InChI=1S/C67H53N3/c1-48-21-33-62(34-22-48)70-66-20-12-11-19-64(66)65-46-45-63(47-67(65)70)69(60-41-27-54(28-42-60)51-17-9-4-10-18-51)61-43-31-56(32-44-61)55-29-39-59(40-30-55)68(57-35-23-52(24-36-57)49-13-5-2-6-14-49)58-37-25-53(26-38-58)50-15-7-3-8-16-50/h2-21,23-33,35-48,62H,22,34H2,1H3. The molecule has 1 aliphatic rings. The van der Waals surface area contributed by atoms with Crippen LogP contribution in [0.1, 0.15) is 25.8 Å². The van der Waals surface area contributed by atoms with E-state index in [0.29, 0.717) is 12.0 Å². The summed E-state index contributed by atoms with van der Waals surface area (Å²) >= 11 is 0. The minimum atomic E-state index is 0.311. The highest BCUT2D eigenvalue weighted by molar-refractivity contribution is 6.09. The molecule has 0 bridgehead atoms. The summed E-state index contributed by atoms with van der Waals surface area (Å²) in [6.45, 7) is 2.33. The van der Waals surface area contributed by atoms with Crippen molar-refractivity contribution in [3.63, 3.8) is 0 Å². The highest BCUT2D eigenvalue weighted by atomic mass is 15.1. The summed E-state index contributed by atoms with van der Waals surface area (Å²) in [6, 6.07) is 92.9. The zero-order valence-electron chi connectivity index (χ0n) is 39.3. The van der Waals surface area contributed by atoms with Crippen LogP contribution in [0.5, 0.6) is 0 Å². The molecule has 0 saturated heterocycles. The van der Waals surface area contributed by atoms with Crippen molar-refractivity contribution in [1.29, 1.82) is 0 Å². The second-order valence-electron chi connectivity index (χ2n) is 18.6. The summed E-state index contributed by atoms with van der Waals surface area (Å²) < 4.78 is 2.58. The van der Waals surface area contributed by atoms with E-state index in [0.717, 1.165) is 51.7 Å². The van der Waals surface area contributed by atoms with Crippen molar-refractivity contribution in [3.8, 4) is 44.5 Å². The maximum absolute atomic E-state index is 2.58. The Kier molecular flexibility index (Phi) is 11.5. The minimum Gasteiger partial charge on any atom is -0.333 e. The van der Waals surface area contributed by atoms with Crippen molar-refractivity contribution in [2.45, 2.75) is 25.8 Å². The zero-order chi connectivity index (χ0) is 46.8. The van der Waals surface area contributed by atoms with Gasteiger partial charge in [0.25, 0.3) is 0 Å². The van der Waals surface area contributed by atoms with Gasteiger partial charge < -0.3 is 14.4 Å². The van der Waals surface area contributed by atoms with Crippen molar-refractivity contribution in [1.82, 2.24) is 4.57 Å². The molecule has 0 spiro atoms. The summed E-state index contributed by atoms with van der Waals surface area (Å²) in [5.41, 5.74) is 18.7. The van der Waals surface area contributed by atoms with Gasteiger partial charge in [0.15, 0.2) is 0 Å². The Hall–Kier alpha value is -8.66. The molecule has 1 aliphatic carbocycles. The minimum absolute atomic E-state index is 0.311. The molecule has 0 N–H and O–H groups in total. The molecule has 3 heteroatoms. The van der Waals surface area contributed by atoms with Gasteiger partial charge in [0.2, 0.25) is 0 Å². The van der Waals surface area contributed by atoms with E-state index in [1.807, 2.05) is 0 Å². The topological polar surface area (TPSA) is 11.4 Å². The number of fused-ring (bicyclic) bond motifs is 3. The van der Waals surface area contributed by atoms with Gasteiger partial charge >= 0.3 is 0 Å². The molecule has 12 rings (SSSR count). The Balaban J connectivity index is 0.900. The van der Waals surface area contributed by atoms with E-state index in [-0.39, 0.29) is 0 Å². The van der Waals surface area contributed by atoms with Gasteiger partial charge in [-0.2, -0.15) is 0 Å². The molecule has 3 nitrogen and oxygen atoms in total. The molecule has 336 valence electrons. The van der Waals surface area contributed by atoms with Crippen LogP contribution < -0.4 is 9.80 Å². The van der Waals surface area contributed by atoms with Gasteiger partial charge in [0.05, 0.1) is 11.6 Å². The lowest BCUT2D eigenvalue weighted by Gasteiger charge is -2.27. The molecule has 1 heterocycles. The van der Waals surface area contributed by atoms with E-state index in [1.165, 1.54) is 61.6 Å². The van der Waals surface area contributed by atoms with E-state index in [9.17, 15) is 0 Å². The van der Waals surface area contributed by atoms with Gasteiger partial charge in [0.1, 0.15) is 0 Å². The fourth-order valence-corrected chi connectivity index (χ4v) is 10.4. The molecule has 10 aromatic carbocycles. The molecule has 0 radical (unpaired) electrons. The Morgan fingerprint density at radius 1 is 0.300 bits per heavy atom. The number of para-hydroxylation sites is 1. The number of rotatable bonds is 11. The van der Waals surface area contributed by atoms with Gasteiger partial charge in [-0.25, -0.2) is 0 Å². The van der Waals surface area contributed by atoms with E-state index in [1.54, 1.807) is 0 Å². The number of nitrogens with zero attached hydrogens (tertiary/aromatic N) is 3. The van der Waals surface area contributed by atoms with Gasteiger partial charge in [-0.3, -0.25) is 0 Å². The summed E-state index contributed by atoms with van der Waals surface area (Å²) in [5.74, 6) is 0.608. The molecule has 0 amide bonds. The van der Waals surface area contributed by atoms with Crippen LogP contribution in [0.3, 0.4) is 0 Å². The Bertz CT molecular complexity index is 3480. The molecular weight excluding hydrogens is 847 g/mol. The summed E-state index contributed by atoms with van der Waals surface area (Å²) in [7, 11) is 0. The SMILES string of the molecule is CC1C=CC(n2c3ccccc3c3ccc(N(c4ccc(-c5ccccc5)cc4)c4ccc(-c5ccc(N(c6ccc(-c7ccccc7)cc6)c6ccc(-c7ccccc7)cc6)cc5)cc4)cc32)CC1. The normalized spacial score (nSPS) is 14.5. The largest absolute Gasteiger partial charge is 0.333 e. The number of benzene rings is 10. The number of anilines is 6. The quantitative estimate of drug-likeness (QED) is 0.120. The van der Waals surface area contributed by atoms with Crippen molar-refractivity contribution >= 4 is 55.9 Å². The fraction of sp³-hybridized carbons (Fsp3) is 0.0746. The van der Waals surface area contributed by atoms with E-state index >= 15 is 0 Å². The fourth-order valence-electron chi connectivity index (χ4n) is 10.4. The monoisotopic (exact) mass is 899 g/mol. The lowest BCUT2D eigenvalue weighted by atomic mass is 9.94. The van der Waals surface area contributed by atoms with Crippen molar-refractivity contribution in [2.24, 2.45) is 5.92 Å². The Labute approximate surface area is 411 Å². The van der Waals surface area contributed by atoms with Crippen LogP contribution in [0.15, 0.2) is 267 Å². The molecule has 70 heavy (non-hydrogen) atoms. The molecule has 2 unspecified atom stereocenters. The van der Waals surface area contributed by atoms with E-state index in [4.69, 9.17) is 0 Å². The van der Waals surface area contributed by atoms with E-state index in [2.05, 4.69) is 288 Å². The van der Waals surface area contributed by atoms with Gasteiger partial charge in [0, 0.05) is 50.4 Å². The Morgan fingerprint density at radius 2 is 0.629 bits per heavy atom. The van der Waals surface area contributed by atoms with Gasteiger partial charge in [-0.15, -0.1) is 0 Å². The number of allylic oxidation sites excluding steroid dienone is 2. The summed E-state index contributed by atoms with van der Waals surface area (Å²) in [4.78, 5) is 4.75. The van der Waals surface area contributed by atoms with Crippen LogP contribution in [0.4, 0.5) is 34.1 Å². The first-order valence-electron chi connectivity index (χ1n) is 24.6. The summed E-state index contributed by atoms with van der Waals surface area (Å²) in [6.07, 6.45) is 7.15. The Morgan fingerprint density at radius 3 is 1.01 bits per heavy atom. The zero-order valence-corrected chi connectivity index (χ0v) is 39.3. The lowest BCUT2D eigenvalue weighted by molar-refractivity contribution is 0.479. The molecule has 0 aliphatic heterocycles. The third kappa shape index (κ3) is 8.37. The number of hydrogen-bond acceptors (Lipinski definition) is 2. The van der Waals surface area contributed by atoms with Gasteiger partial charge in [-0.05, 0) is 142 Å². The van der Waals surface area contributed by atoms with Crippen LogP contribution in [0.2, 0.25) is 0 Å². The number of aromatic nitrogens is 1. The second-order valence-corrected chi connectivity index (χ2v) is 18.6. The third-order valence-corrected chi connectivity index (χ3v) is 14.1. The highest BCUT2D eigenvalue weighted by Crippen LogP contribution is 2.43. The van der Waals surface area contributed by atoms with Crippen LogP contribution in [0, 0.1) is 5.92 Å². The first kappa shape index (κ1) is 42.7. The van der Waals surface area contributed by atoms with Crippen LogP contribution in [-0.2, 0) is 0 Å². The maximum atomic E-state index is 2.58. The summed E-state index contributed by atoms with van der Waals surface area (Å²) in [5, 5.41) is 2.59. The average molecular weight is 900 g/mol. The predicted octanol–water partition coefficient (Wildman–Crippen LogP) is 18.9. The highest BCUT2D eigenvalue weighted by Gasteiger charge is 2.22.